The molecule has 5 nitrogen and oxygen atoms in total. The molecule has 0 N–H and O–H groups in total. The number of furan rings is 1. The lowest BCUT2D eigenvalue weighted by Gasteiger charge is -2.09. The van der Waals surface area contributed by atoms with Crippen LogP contribution >= 0.6 is 0 Å². The van der Waals surface area contributed by atoms with Crippen molar-refractivity contribution in [1.82, 2.24) is 19.5 Å². The van der Waals surface area contributed by atoms with Crippen LogP contribution in [0.3, 0.4) is 0 Å². The van der Waals surface area contributed by atoms with Crippen molar-refractivity contribution in [2.75, 3.05) is 0 Å². The third-order valence-corrected chi connectivity index (χ3v) is 9.46. The lowest BCUT2D eigenvalue weighted by atomic mass is 10.0. The van der Waals surface area contributed by atoms with Crippen LogP contribution < -0.4 is 0 Å². The fraction of sp³-hybridized carbons (Fsp3) is 0. The van der Waals surface area contributed by atoms with E-state index in [-0.39, 0.29) is 0 Å². The van der Waals surface area contributed by atoms with Crippen LogP contribution in [-0.4, -0.2) is 19.5 Å². The first kappa shape index (κ1) is 28.2. The number of aromatic nitrogens is 4. The summed E-state index contributed by atoms with van der Waals surface area (Å²) in [6.07, 6.45) is 0. The normalized spacial score (nSPS) is 11.6. The highest BCUT2D eigenvalue weighted by Crippen LogP contribution is 2.39. The minimum atomic E-state index is 0.571. The second-order valence-electron chi connectivity index (χ2n) is 12.5. The number of hydrogen-bond donors (Lipinski definition) is 0. The molecule has 3 heterocycles. The van der Waals surface area contributed by atoms with Gasteiger partial charge in [-0.25, -0.2) is 15.0 Å². The van der Waals surface area contributed by atoms with Crippen molar-refractivity contribution in [3.8, 4) is 51.0 Å². The molecule has 0 aliphatic rings. The van der Waals surface area contributed by atoms with Gasteiger partial charge in [-0.3, -0.25) is 0 Å². The van der Waals surface area contributed by atoms with E-state index in [2.05, 4.69) is 108 Å². The molecule has 0 amide bonds. The van der Waals surface area contributed by atoms with Crippen molar-refractivity contribution in [3.63, 3.8) is 0 Å². The van der Waals surface area contributed by atoms with Crippen molar-refractivity contribution in [3.05, 3.63) is 170 Å². The largest absolute Gasteiger partial charge is 0.455 e. The second kappa shape index (κ2) is 11.4. The highest BCUT2D eigenvalue weighted by atomic mass is 16.3. The predicted octanol–water partition coefficient (Wildman–Crippen LogP) is 11.5. The molecule has 7 aromatic carbocycles. The second-order valence-corrected chi connectivity index (χ2v) is 12.5. The monoisotopic (exact) mass is 640 g/mol. The van der Waals surface area contributed by atoms with Crippen molar-refractivity contribution in [2.45, 2.75) is 0 Å². The van der Waals surface area contributed by atoms with E-state index in [0.29, 0.717) is 17.5 Å². The van der Waals surface area contributed by atoms with Crippen LogP contribution in [-0.2, 0) is 0 Å². The molecule has 234 valence electrons. The first-order valence-corrected chi connectivity index (χ1v) is 16.7. The summed E-state index contributed by atoms with van der Waals surface area (Å²) in [4.78, 5) is 14.8. The first-order valence-electron chi connectivity index (χ1n) is 16.7. The maximum Gasteiger partial charge on any atom is 0.167 e. The summed E-state index contributed by atoms with van der Waals surface area (Å²) in [5, 5.41) is 4.53. The number of hydrogen-bond acceptors (Lipinski definition) is 4. The molecule has 0 bridgehead atoms. The number of benzene rings is 7. The minimum absolute atomic E-state index is 0.571. The van der Waals surface area contributed by atoms with E-state index in [1.54, 1.807) is 0 Å². The Balaban J connectivity index is 1.13. The fourth-order valence-corrected chi connectivity index (χ4v) is 7.09. The fourth-order valence-electron chi connectivity index (χ4n) is 7.09. The number of nitrogens with zero attached hydrogens (tertiary/aromatic N) is 4. The van der Waals surface area contributed by atoms with Crippen molar-refractivity contribution in [1.29, 1.82) is 0 Å². The van der Waals surface area contributed by atoms with E-state index in [1.165, 1.54) is 21.8 Å². The quantitative estimate of drug-likeness (QED) is 0.188. The zero-order chi connectivity index (χ0) is 33.0. The van der Waals surface area contributed by atoms with Gasteiger partial charge in [0.05, 0.1) is 16.6 Å². The maximum atomic E-state index is 6.60. The predicted molar refractivity (Wildman–Crippen MR) is 203 cm³/mol. The lowest BCUT2D eigenvalue weighted by molar-refractivity contribution is 0.669. The summed E-state index contributed by atoms with van der Waals surface area (Å²) in [6.45, 7) is 0. The van der Waals surface area contributed by atoms with Gasteiger partial charge < -0.3 is 8.98 Å². The van der Waals surface area contributed by atoms with Gasteiger partial charge in [-0.15, -0.1) is 0 Å². The third kappa shape index (κ3) is 4.60. The molecule has 0 saturated heterocycles. The standard InChI is InChI=1S/C45H28N4O/c1-4-13-29(14-5-1)43-46-44(30-15-6-2-7-16-30)48-45(47-43)37-21-12-20-36-38-27-31(24-26-41(38)50-42(36)37)32-23-25-35-34-19-10-11-22-39(34)49(40(35)28-32)33-17-8-3-9-18-33/h1-28H. The molecule has 0 unspecified atom stereocenters. The molecule has 50 heavy (non-hydrogen) atoms. The van der Waals surface area contributed by atoms with Crippen LogP contribution in [0.5, 0.6) is 0 Å². The molecule has 0 fully saturated rings. The summed E-state index contributed by atoms with van der Waals surface area (Å²) >= 11 is 0. The van der Waals surface area contributed by atoms with Gasteiger partial charge >= 0.3 is 0 Å². The van der Waals surface area contributed by atoms with Gasteiger partial charge in [-0.1, -0.05) is 127 Å². The van der Waals surface area contributed by atoms with Crippen molar-refractivity contribution < 1.29 is 4.42 Å². The Hall–Kier alpha value is -6.85. The third-order valence-electron chi connectivity index (χ3n) is 9.46. The zero-order valence-electron chi connectivity index (χ0n) is 26.9. The molecule has 0 aliphatic carbocycles. The van der Waals surface area contributed by atoms with Crippen LogP contribution in [0.1, 0.15) is 0 Å². The van der Waals surface area contributed by atoms with Crippen LogP contribution in [0, 0.1) is 0 Å². The summed E-state index contributed by atoms with van der Waals surface area (Å²) < 4.78 is 8.96. The van der Waals surface area contributed by atoms with Gasteiger partial charge in [0.25, 0.3) is 0 Å². The lowest BCUT2D eigenvalue weighted by Crippen LogP contribution is -2.00. The molecule has 10 rings (SSSR count). The first-order chi connectivity index (χ1) is 24.8. The van der Waals surface area contributed by atoms with E-state index >= 15 is 0 Å². The van der Waals surface area contributed by atoms with E-state index in [9.17, 15) is 0 Å². The number of para-hydroxylation sites is 3. The van der Waals surface area contributed by atoms with Crippen LogP contribution in [0.15, 0.2) is 174 Å². The van der Waals surface area contributed by atoms with Gasteiger partial charge in [-0.2, -0.15) is 0 Å². The summed E-state index contributed by atoms with van der Waals surface area (Å²) in [7, 11) is 0. The number of rotatable bonds is 5. The van der Waals surface area contributed by atoms with Crippen molar-refractivity contribution >= 4 is 43.7 Å². The van der Waals surface area contributed by atoms with Gasteiger partial charge in [0.15, 0.2) is 17.5 Å². The van der Waals surface area contributed by atoms with E-state index in [1.807, 2.05) is 66.7 Å². The Labute approximate surface area is 287 Å². The smallest absolute Gasteiger partial charge is 0.167 e. The van der Waals surface area contributed by atoms with E-state index < -0.39 is 0 Å². The molecule has 5 heteroatoms. The SMILES string of the molecule is c1ccc(-c2nc(-c3ccccc3)nc(-c3cccc4c3oc3ccc(-c5ccc6c7ccccc7n(-c7ccccc7)c6c5)cc34)n2)cc1. The van der Waals surface area contributed by atoms with Gasteiger partial charge in [0.2, 0.25) is 0 Å². The number of fused-ring (bicyclic) bond motifs is 6. The topological polar surface area (TPSA) is 56.7 Å². The minimum Gasteiger partial charge on any atom is -0.455 e. The molecular weight excluding hydrogens is 613 g/mol. The van der Waals surface area contributed by atoms with Gasteiger partial charge in [-0.05, 0) is 53.6 Å². The molecule has 3 aromatic heterocycles. The molecule has 0 atom stereocenters. The maximum absolute atomic E-state index is 6.60. The molecule has 0 saturated carbocycles. The van der Waals surface area contributed by atoms with Gasteiger partial charge in [0.1, 0.15) is 11.2 Å². The van der Waals surface area contributed by atoms with Gasteiger partial charge in [0, 0.05) is 38.4 Å². The molecule has 0 spiro atoms. The Kier molecular flexibility index (Phi) is 6.42. The Bertz CT molecular complexity index is 2800. The highest BCUT2D eigenvalue weighted by molar-refractivity contribution is 6.12. The van der Waals surface area contributed by atoms with E-state index in [4.69, 9.17) is 19.4 Å². The molecule has 0 radical (unpaired) electrons. The van der Waals surface area contributed by atoms with Crippen molar-refractivity contribution in [2.24, 2.45) is 0 Å². The highest BCUT2D eigenvalue weighted by Gasteiger charge is 2.19. The van der Waals surface area contributed by atoms with Crippen LogP contribution in [0.4, 0.5) is 0 Å². The zero-order valence-corrected chi connectivity index (χ0v) is 26.9. The molecule has 10 aromatic rings. The Morgan fingerprint density at radius 3 is 1.70 bits per heavy atom. The summed E-state index contributed by atoms with van der Waals surface area (Å²) in [6, 6.07) is 58.7. The molecule has 0 aliphatic heterocycles. The molecular formula is C45H28N4O. The summed E-state index contributed by atoms with van der Waals surface area (Å²) in [5.74, 6) is 1.81. The van der Waals surface area contributed by atoms with Crippen LogP contribution in [0.25, 0.3) is 94.7 Å². The average molecular weight is 641 g/mol. The Morgan fingerprint density at radius 1 is 0.380 bits per heavy atom. The average Bonchev–Trinajstić information content (AvgIpc) is 3.74. The Morgan fingerprint density at radius 2 is 0.960 bits per heavy atom. The summed E-state index contributed by atoms with van der Waals surface area (Å²) in [5.41, 5.74) is 10.0. The van der Waals surface area contributed by atoms with E-state index in [0.717, 1.165) is 55.4 Å². The van der Waals surface area contributed by atoms with Crippen LogP contribution in [0.2, 0.25) is 0 Å².